The second-order valence-electron chi connectivity index (χ2n) is 7.24. The molecular formula is C23H19N3O4. The highest BCUT2D eigenvalue weighted by Crippen LogP contribution is 2.31. The number of nitrogens with zero attached hydrogens (tertiary/aromatic N) is 2. The Balaban J connectivity index is 1.65. The zero-order chi connectivity index (χ0) is 20.7. The molecule has 1 aliphatic heterocycles. The van der Waals surface area contributed by atoms with E-state index in [-0.39, 0.29) is 11.6 Å². The Bertz CT molecular complexity index is 1270. The average molecular weight is 401 g/mol. The van der Waals surface area contributed by atoms with Crippen molar-refractivity contribution in [2.75, 3.05) is 26.3 Å². The van der Waals surface area contributed by atoms with E-state index in [1.54, 1.807) is 17.0 Å². The standard InChI is InChI=1S/C23H19N3O4/c27-22(26-8-10-30-11-9-26)15-6-7-16-17-13-18(14-4-2-1-3-5-14)24-21(23(28)29)20(17)25-19(16)12-15/h1-7,12-13,25H,8-11H2,(H,28,29). The minimum atomic E-state index is -1.10. The first-order valence-corrected chi connectivity index (χ1v) is 9.74. The van der Waals surface area contributed by atoms with E-state index in [0.717, 1.165) is 16.3 Å². The number of hydrogen-bond acceptors (Lipinski definition) is 4. The molecule has 0 bridgehead atoms. The number of carboxylic acid groups (broad SMARTS) is 1. The molecule has 1 amide bonds. The van der Waals surface area contributed by atoms with Gasteiger partial charge in [0.25, 0.3) is 5.91 Å². The molecule has 2 aromatic heterocycles. The van der Waals surface area contributed by atoms with Gasteiger partial charge in [0.15, 0.2) is 5.69 Å². The van der Waals surface area contributed by atoms with E-state index in [9.17, 15) is 14.7 Å². The van der Waals surface area contributed by atoms with Crippen molar-refractivity contribution >= 4 is 33.7 Å². The lowest BCUT2D eigenvalue weighted by molar-refractivity contribution is 0.0303. The van der Waals surface area contributed by atoms with E-state index in [4.69, 9.17) is 4.74 Å². The number of H-pyrrole nitrogens is 1. The minimum absolute atomic E-state index is 0.0383. The van der Waals surface area contributed by atoms with Gasteiger partial charge in [-0.05, 0) is 18.2 Å². The molecule has 0 unspecified atom stereocenters. The zero-order valence-corrected chi connectivity index (χ0v) is 16.1. The van der Waals surface area contributed by atoms with Crippen LogP contribution < -0.4 is 0 Å². The fourth-order valence-electron chi connectivity index (χ4n) is 3.89. The van der Waals surface area contributed by atoms with Crippen LogP contribution in [0.25, 0.3) is 33.1 Å². The molecule has 1 saturated heterocycles. The van der Waals surface area contributed by atoms with Gasteiger partial charge in [-0.1, -0.05) is 36.4 Å². The molecule has 1 aliphatic rings. The van der Waals surface area contributed by atoms with Crippen LogP contribution in [-0.2, 0) is 4.74 Å². The third-order valence-corrected chi connectivity index (χ3v) is 5.41. The number of carboxylic acids is 1. The molecule has 0 aliphatic carbocycles. The van der Waals surface area contributed by atoms with Crippen LogP contribution in [-0.4, -0.2) is 58.2 Å². The number of rotatable bonds is 3. The number of aromatic amines is 1. The Labute approximate surface area is 171 Å². The summed E-state index contributed by atoms with van der Waals surface area (Å²) in [4.78, 5) is 34.0. The van der Waals surface area contributed by atoms with Crippen LogP contribution in [0.15, 0.2) is 54.6 Å². The molecule has 150 valence electrons. The summed E-state index contributed by atoms with van der Waals surface area (Å²) >= 11 is 0. The summed E-state index contributed by atoms with van der Waals surface area (Å²) in [5.74, 6) is -1.16. The van der Waals surface area contributed by atoms with Gasteiger partial charge in [-0.3, -0.25) is 4.79 Å². The summed E-state index contributed by atoms with van der Waals surface area (Å²) in [5.41, 5.74) is 3.12. The molecule has 4 aromatic rings. The minimum Gasteiger partial charge on any atom is -0.476 e. The van der Waals surface area contributed by atoms with Gasteiger partial charge >= 0.3 is 5.97 Å². The Kier molecular flexibility index (Phi) is 4.44. The number of amides is 1. The van der Waals surface area contributed by atoms with Gasteiger partial charge in [0.1, 0.15) is 0 Å². The van der Waals surface area contributed by atoms with Crippen LogP contribution in [0.1, 0.15) is 20.8 Å². The van der Waals surface area contributed by atoms with E-state index in [0.29, 0.717) is 48.6 Å². The van der Waals surface area contributed by atoms with Gasteiger partial charge in [0, 0.05) is 40.5 Å². The van der Waals surface area contributed by atoms with Crippen LogP contribution in [0.3, 0.4) is 0 Å². The first-order chi connectivity index (χ1) is 14.6. The van der Waals surface area contributed by atoms with Crippen LogP contribution in [0.2, 0.25) is 0 Å². The van der Waals surface area contributed by atoms with E-state index >= 15 is 0 Å². The summed E-state index contributed by atoms with van der Waals surface area (Å²) < 4.78 is 5.32. The molecule has 0 atom stereocenters. The molecule has 2 N–H and O–H groups in total. The van der Waals surface area contributed by atoms with Crippen molar-refractivity contribution in [3.63, 3.8) is 0 Å². The van der Waals surface area contributed by atoms with Gasteiger partial charge in [-0.25, -0.2) is 9.78 Å². The highest BCUT2D eigenvalue weighted by atomic mass is 16.5. The van der Waals surface area contributed by atoms with E-state index in [2.05, 4.69) is 9.97 Å². The number of carbonyl (C=O) groups excluding carboxylic acids is 1. The number of benzene rings is 2. The second-order valence-corrected chi connectivity index (χ2v) is 7.24. The van der Waals surface area contributed by atoms with Gasteiger partial charge in [0.05, 0.1) is 24.4 Å². The Hall–Kier alpha value is -3.71. The fourth-order valence-corrected chi connectivity index (χ4v) is 3.89. The zero-order valence-electron chi connectivity index (χ0n) is 16.1. The first-order valence-electron chi connectivity index (χ1n) is 9.74. The van der Waals surface area contributed by atoms with Crippen molar-refractivity contribution in [1.82, 2.24) is 14.9 Å². The molecule has 0 saturated carbocycles. The SMILES string of the molecule is O=C(O)c1nc(-c2ccccc2)cc2c1[nH]c1cc(C(=O)N3CCOCC3)ccc12. The molecule has 5 rings (SSSR count). The predicted molar refractivity (Wildman–Crippen MR) is 113 cm³/mol. The van der Waals surface area contributed by atoms with Crippen LogP contribution in [0.5, 0.6) is 0 Å². The lowest BCUT2D eigenvalue weighted by atomic mass is 10.1. The topological polar surface area (TPSA) is 95.5 Å². The van der Waals surface area contributed by atoms with Crippen LogP contribution in [0, 0.1) is 0 Å². The largest absolute Gasteiger partial charge is 0.476 e. The predicted octanol–water partition coefficient (Wildman–Crippen LogP) is 3.55. The van der Waals surface area contributed by atoms with E-state index in [1.807, 2.05) is 42.5 Å². The molecule has 1 fully saturated rings. The third-order valence-electron chi connectivity index (χ3n) is 5.41. The van der Waals surface area contributed by atoms with Crippen LogP contribution in [0.4, 0.5) is 0 Å². The average Bonchev–Trinajstić information content (AvgIpc) is 3.16. The highest BCUT2D eigenvalue weighted by molar-refractivity contribution is 6.14. The molecule has 2 aromatic carbocycles. The van der Waals surface area contributed by atoms with Crippen molar-refractivity contribution in [2.45, 2.75) is 0 Å². The fraction of sp³-hybridized carbons (Fsp3) is 0.174. The lowest BCUT2D eigenvalue weighted by Gasteiger charge is -2.26. The quantitative estimate of drug-likeness (QED) is 0.547. The number of fused-ring (bicyclic) bond motifs is 3. The molecule has 7 nitrogen and oxygen atoms in total. The Morgan fingerprint density at radius 3 is 2.50 bits per heavy atom. The summed E-state index contributed by atoms with van der Waals surface area (Å²) in [6, 6.07) is 16.8. The summed E-state index contributed by atoms with van der Waals surface area (Å²) in [7, 11) is 0. The van der Waals surface area contributed by atoms with Crippen molar-refractivity contribution in [3.8, 4) is 11.3 Å². The second kappa shape index (κ2) is 7.27. The van der Waals surface area contributed by atoms with Crippen molar-refractivity contribution in [1.29, 1.82) is 0 Å². The number of ether oxygens (including phenoxy) is 1. The monoisotopic (exact) mass is 401 g/mol. The molecule has 7 heteroatoms. The van der Waals surface area contributed by atoms with Gasteiger partial charge in [-0.2, -0.15) is 0 Å². The third kappa shape index (κ3) is 3.09. The number of nitrogens with one attached hydrogen (secondary N) is 1. The Morgan fingerprint density at radius 2 is 1.77 bits per heavy atom. The summed E-state index contributed by atoms with van der Waals surface area (Å²) in [5, 5.41) is 11.4. The van der Waals surface area contributed by atoms with Gasteiger partial charge < -0.3 is 19.7 Å². The van der Waals surface area contributed by atoms with Crippen molar-refractivity contribution in [3.05, 3.63) is 65.9 Å². The number of aromatic nitrogens is 2. The molecular weight excluding hydrogens is 382 g/mol. The first kappa shape index (κ1) is 18.3. The maximum absolute atomic E-state index is 12.8. The number of pyridine rings is 1. The maximum atomic E-state index is 12.8. The summed E-state index contributed by atoms with van der Waals surface area (Å²) in [6.07, 6.45) is 0. The normalized spacial score (nSPS) is 14.3. The molecule has 0 radical (unpaired) electrons. The number of aromatic carboxylic acids is 1. The van der Waals surface area contributed by atoms with Gasteiger partial charge in [-0.15, -0.1) is 0 Å². The van der Waals surface area contributed by atoms with Crippen LogP contribution >= 0.6 is 0 Å². The molecule has 0 spiro atoms. The van der Waals surface area contributed by atoms with Crippen molar-refractivity contribution in [2.24, 2.45) is 0 Å². The van der Waals surface area contributed by atoms with Crippen molar-refractivity contribution < 1.29 is 19.4 Å². The van der Waals surface area contributed by atoms with E-state index < -0.39 is 5.97 Å². The molecule has 3 heterocycles. The lowest BCUT2D eigenvalue weighted by Crippen LogP contribution is -2.40. The number of hydrogen-bond donors (Lipinski definition) is 2. The smallest absolute Gasteiger partial charge is 0.356 e. The summed E-state index contributed by atoms with van der Waals surface area (Å²) in [6.45, 7) is 2.21. The van der Waals surface area contributed by atoms with Gasteiger partial charge in [0.2, 0.25) is 0 Å². The van der Waals surface area contributed by atoms with E-state index in [1.165, 1.54) is 0 Å². The molecule has 30 heavy (non-hydrogen) atoms. The highest BCUT2D eigenvalue weighted by Gasteiger charge is 2.21. The number of morpholine rings is 1. The Morgan fingerprint density at radius 1 is 1.00 bits per heavy atom. The maximum Gasteiger partial charge on any atom is 0.356 e. The number of carbonyl (C=O) groups is 2.